The van der Waals surface area contributed by atoms with Gasteiger partial charge in [-0.3, -0.25) is 4.79 Å². The van der Waals surface area contributed by atoms with Crippen LogP contribution in [0.2, 0.25) is 0 Å². The van der Waals surface area contributed by atoms with E-state index in [9.17, 15) is 4.79 Å². The summed E-state index contributed by atoms with van der Waals surface area (Å²) in [7, 11) is 0. The lowest BCUT2D eigenvalue weighted by atomic mass is 9.70. The average molecular weight is 425 g/mol. The first-order valence-corrected chi connectivity index (χ1v) is 12.2. The third-order valence-electron chi connectivity index (χ3n) is 8.29. The molecule has 2 aromatic rings. The van der Waals surface area contributed by atoms with Gasteiger partial charge in [-0.15, -0.1) is 0 Å². The second-order valence-corrected chi connectivity index (χ2v) is 10.1. The molecular formula is C26H36N2O3. The summed E-state index contributed by atoms with van der Waals surface area (Å²) < 4.78 is 11.1. The van der Waals surface area contributed by atoms with Crippen LogP contribution in [-0.2, 0) is 9.53 Å². The fourth-order valence-corrected chi connectivity index (χ4v) is 6.29. The Kier molecular flexibility index (Phi) is 6.33. The minimum Gasteiger partial charge on any atom is -0.464 e. The van der Waals surface area contributed by atoms with Crippen LogP contribution in [0.1, 0.15) is 56.4 Å². The average Bonchev–Trinajstić information content (AvgIpc) is 3.19. The normalized spacial score (nSPS) is 27.2. The van der Waals surface area contributed by atoms with Gasteiger partial charge in [-0.2, -0.15) is 0 Å². The van der Waals surface area contributed by atoms with Gasteiger partial charge in [-0.1, -0.05) is 31.0 Å². The highest BCUT2D eigenvalue weighted by Crippen LogP contribution is 2.40. The van der Waals surface area contributed by atoms with Gasteiger partial charge in [0.1, 0.15) is 5.58 Å². The maximum atomic E-state index is 12.0. The Bertz CT molecular complexity index is 874. The van der Waals surface area contributed by atoms with E-state index in [4.69, 9.17) is 14.9 Å². The van der Waals surface area contributed by atoms with E-state index < -0.39 is 0 Å². The number of para-hydroxylation sites is 1. The molecule has 3 fully saturated rings. The van der Waals surface area contributed by atoms with Gasteiger partial charge < -0.3 is 19.8 Å². The second-order valence-electron chi connectivity index (χ2n) is 10.1. The Morgan fingerprint density at radius 1 is 1.03 bits per heavy atom. The van der Waals surface area contributed by atoms with Crippen LogP contribution in [0.3, 0.4) is 0 Å². The number of ether oxygens (including phenoxy) is 1. The first-order valence-electron chi connectivity index (χ1n) is 12.2. The highest BCUT2D eigenvalue weighted by Gasteiger charge is 2.39. The van der Waals surface area contributed by atoms with E-state index in [-0.39, 0.29) is 11.8 Å². The van der Waals surface area contributed by atoms with E-state index in [1.165, 1.54) is 62.7 Å². The van der Waals surface area contributed by atoms with Crippen LogP contribution >= 0.6 is 0 Å². The first kappa shape index (κ1) is 21.0. The number of carbonyl (C=O) groups is 1. The van der Waals surface area contributed by atoms with E-state index in [0.717, 1.165) is 37.6 Å². The summed E-state index contributed by atoms with van der Waals surface area (Å²) >= 11 is 0. The van der Waals surface area contributed by atoms with Crippen molar-refractivity contribution in [2.24, 2.45) is 29.4 Å². The summed E-state index contributed by atoms with van der Waals surface area (Å²) in [5, 5.41) is 1.29. The third kappa shape index (κ3) is 4.54. The van der Waals surface area contributed by atoms with Crippen molar-refractivity contribution in [3.05, 3.63) is 36.1 Å². The van der Waals surface area contributed by atoms with Crippen molar-refractivity contribution < 1.29 is 13.9 Å². The zero-order chi connectivity index (χ0) is 21.2. The van der Waals surface area contributed by atoms with Crippen LogP contribution in [0.15, 0.2) is 34.9 Å². The number of nitrogens with two attached hydrogens (primary N) is 1. The van der Waals surface area contributed by atoms with E-state index >= 15 is 0 Å². The molecule has 2 aliphatic heterocycles. The number of benzene rings is 1. The van der Waals surface area contributed by atoms with Crippen molar-refractivity contribution in [1.82, 2.24) is 4.90 Å². The highest BCUT2D eigenvalue weighted by molar-refractivity contribution is 5.81. The second kappa shape index (κ2) is 9.33. The molecule has 1 aliphatic carbocycles. The largest absolute Gasteiger partial charge is 0.464 e. The van der Waals surface area contributed by atoms with Crippen LogP contribution in [-0.4, -0.2) is 43.7 Å². The summed E-state index contributed by atoms with van der Waals surface area (Å²) in [5.74, 6) is 2.20. The maximum Gasteiger partial charge on any atom is 0.221 e. The van der Waals surface area contributed by atoms with Crippen molar-refractivity contribution in [3.8, 4) is 0 Å². The molecule has 2 N–H and O–H groups in total. The number of primary amides is 1. The van der Waals surface area contributed by atoms with Crippen molar-refractivity contribution in [2.45, 2.75) is 50.9 Å². The van der Waals surface area contributed by atoms with Crippen LogP contribution in [0, 0.1) is 23.7 Å². The van der Waals surface area contributed by atoms with E-state index in [1.54, 1.807) is 0 Å². The zero-order valence-electron chi connectivity index (χ0n) is 18.5. The standard InChI is InChI=1S/C26H36N2O3/c27-26(29)25(21-15-30-16-21)20-7-5-18(6-8-20)9-12-28-13-10-19(11-14-28)23-17-31-24-4-2-1-3-22(23)24/h1-4,17-21,25H,5-16H2,(H2,27,29). The lowest BCUT2D eigenvalue weighted by molar-refractivity contribution is -0.137. The first-order chi connectivity index (χ1) is 15.2. The Hall–Kier alpha value is -1.85. The lowest BCUT2D eigenvalue weighted by Crippen LogP contribution is -2.45. The van der Waals surface area contributed by atoms with Gasteiger partial charge in [-0.05, 0) is 75.6 Å². The molecule has 1 aromatic heterocycles. The molecular weight excluding hydrogens is 388 g/mol. The van der Waals surface area contributed by atoms with Gasteiger partial charge in [-0.25, -0.2) is 0 Å². The van der Waals surface area contributed by atoms with Gasteiger partial charge in [0, 0.05) is 22.8 Å². The summed E-state index contributed by atoms with van der Waals surface area (Å²) in [6.45, 7) is 5.02. The monoisotopic (exact) mass is 424 g/mol. The number of piperidine rings is 1. The van der Waals surface area contributed by atoms with E-state index in [1.807, 2.05) is 12.3 Å². The van der Waals surface area contributed by atoms with Crippen LogP contribution in [0.25, 0.3) is 11.0 Å². The predicted octanol–water partition coefficient (Wildman–Crippen LogP) is 4.56. The number of furan rings is 1. The van der Waals surface area contributed by atoms with Crippen LogP contribution in [0.4, 0.5) is 0 Å². The quantitative estimate of drug-likeness (QED) is 0.708. The molecule has 5 nitrogen and oxygen atoms in total. The molecule has 5 heteroatoms. The minimum absolute atomic E-state index is 0.0349. The topological polar surface area (TPSA) is 68.7 Å². The number of amides is 1. The van der Waals surface area contributed by atoms with Gasteiger partial charge in [0.2, 0.25) is 5.91 Å². The summed E-state index contributed by atoms with van der Waals surface area (Å²) in [6, 6.07) is 8.41. The molecule has 1 saturated carbocycles. The molecule has 5 rings (SSSR count). The number of hydrogen-bond acceptors (Lipinski definition) is 4. The Balaban J connectivity index is 1.06. The number of carbonyl (C=O) groups excluding carboxylic acids is 1. The minimum atomic E-state index is -0.106. The lowest BCUT2D eigenvalue weighted by Gasteiger charge is -2.40. The molecule has 1 amide bonds. The smallest absolute Gasteiger partial charge is 0.221 e. The van der Waals surface area contributed by atoms with E-state index in [0.29, 0.717) is 17.8 Å². The van der Waals surface area contributed by atoms with Crippen molar-refractivity contribution >= 4 is 16.9 Å². The third-order valence-corrected chi connectivity index (χ3v) is 8.29. The number of fused-ring (bicyclic) bond motifs is 1. The van der Waals surface area contributed by atoms with Crippen molar-refractivity contribution in [3.63, 3.8) is 0 Å². The molecule has 2 saturated heterocycles. The number of nitrogens with zero attached hydrogens (tertiary/aromatic N) is 1. The van der Waals surface area contributed by atoms with Gasteiger partial charge in [0.05, 0.1) is 19.5 Å². The highest BCUT2D eigenvalue weighted by atomic mass is 16.5. The summed E-state index contributed by atoms with van der Waals surface area (Å²) in [5.41, 5.74) is 8.15. The Morgan fingerprint density at radius 3 is 2.45 bits per heavy atom. The van der Waals surface area contributed by atoms with Crippen molar-refractivity contribution in [1.29, 1.82) is 0 Å². The van der Waals surface area contributed by atoms with Crippen LogP contribution in [0.5, 0.6) is 0 Å². The molecule has 0 radical (unpaired) electrons. The van der Waals surface area contributed by atoms with Crippen LogP contribution < -0.4 is 5.73 Å². The molecule has 1 atom stereocenters. The molecule has 3 heterocycles. The molecule has 0 bridgehead atoms. The number of likely N-dealkylation sites (tertiary alicyclic amines) is 1. The molecule has 0 spiro atoms. The fourth-order valence-electron chi connectivity index (χ4n) is 6.29. The Morgan fingerprint density at radius 2 is 1.77 bits per heavy atom. The summed E-state index contributed by atoms with van der Waals surface area (Å²) in [4.78, 5) is 14.6. The summed E-state index contributed by atoms with van der Waals surface area (Å²) in [6.07, 6.45) is 10.5. The van der Waals surface area contributed by atoms with Gasteiger partial charge in [0.15, 0.2) is 0 Å². The predicted molar refractivity (Wildman–Crippen MR) is 122 cm³/mol. The zero-order valence-corrected chi connectivity index (χ0v) is 18.5. The number of rotatable bonds is 7. The Labute approximate surface area is 185 Å². The maximum absolute atomic E-state index is 12.0. The molecule has 168 valence electrons. The molecule has 3 aliphatic rings. The molecule has 1 aromatic carbocycles. The van der Waals surface area contributed by atoms with Gasteiger partial charge in [0.25, 0.3) is 0 Å². The molecule has 31 heavy (non-hydrogen) atoms. The van der Waals surface area contributed by atoms with Crippen molar-refractivity contribution in [2.75, 3.05) is 32.8 Å². The van der Waals surface area contributed by atoms with Gasteiger partial charge >= 0.3 is 0 Å². The van der Waals surface area contributed by atoms with E-state index in [2.05, 4.69) is 23.1 Å². The number of hydrogen-bond donors (Lipinski definition) is 1. The SMILES string of the molecule is NC(=O)C(C1CCC(CCN2CCC(c3coc4ccccc34)CC2)CC1)C1COC1. The fraction of sp³-hybridized carbons (Fsp3) is 0.654. The molecule has 1 unspecified atom stereocenters.